The smallest absolute Gasteiger partial charge is 0.286 e. The summed E-state index contributed by atoms with van der Waals surface area (Å²) < 4.78 is 4.48. The molecule has 0 radical (unpaired) electrons. The monoisotopic (exact) mass is 168 g/mol. The highest BCUT2D eigenvalue weighted by Gasteiger charge is 1.89. The number of nitriles is 1. The number of ether oxygens (including phenoxy) is 1. The van der Waals surface area contributed by atoms with Crippen LogP contribution < -0.4 is 0 Å². The molecule has 0 aliphatic carbocycles. The lowest BCUT2D eigenvalue weighted by Crippen LogP contribution is -1.88. The lowest BCUT2D eigenvalue weighted by atomic mass is 10.2. The number of isocyanates is 1. The van der Waals surface area contributed by atoms with E-state index in [2.05, 4.69) is 9.73 Å². The molecule has 0 amide bonds. The first-order chi connectivity index (χ1) is 5.91. The molecule has 0 aromatic carbocycles. The van der Waals surface area contributed by atoms with Gasteiger partial charge in [-0.15, -0.1) is 0 Å². The summed E-state index contributed by atoms with van der Waals surface area (Å²) >= 11 is 0. The molecule has 4 heteroatoms. The third kappa shape index (κ3) is 8.67. The van der Waals surface area contributed by atoms with E-state index in [1.165, 1.54) is 6.08 Å². The van der Waals surface area contributed by atoms with Crippen molar-refractivity contribution in [3.63, 3.8) is 0 Å². The molecule has 12 heavy (non-hydrogen) atoms. The van der Waals surface area contributed by atoms with Crippen molar-refractivity contribution in [3.8, 4) is 6.26 Å². The van der Waals surface area contributed by atoms with Crippen molar-refractivity contribution in [1.29, 1.82) is 5.26 Å². The van der Waals surface area contributed by atoms with Gasteiger partial charge in [0.15, 0.2) is 0 Å². The van der Waals surface area contributed by atoms with E-state index < -0.39 is 0 Å². The molecule has 0 bridgehead atoms. The van der Waals surface area contributed by atoms with E-state index in [4.69, 9.17) is 5.26 Å². The second kappa shape index (κ2) is 9.67. The Morgan fingerprint density at radius 3 is 2.67 bits per heavy atom. The molecule has 0 unspecified atom stereocenters. The van der Waals surface area contributed by atoms with E-state index in [0.717, 1.165) is 25.7 Å². The van der Waals surface area contributed by atoms with Crippen LogP contribution >= 0.6 is 0 Å². The van der Waals surface area contributed by atoms with Crippen molar-refractivity contribution in [2.75, 3.05) is 13.2 Å². The molecule has 0 rings (SSSR count). The first kappa shape index (κ1) is 10.7. The molecule has 0 aromatic rings. The predicted octanol–water partition coefficient (Wildman–Crippen LogP) is 1.38. The fourth-order valence-electron chi connectivity index (χ4n) is 0.810. The number of unbranched alkanes of at least 4 members (excludes halogenated alkanes) is 3. The van der Waals surface area contributed by atoms with Crippen molar-refractivity contribution in [2.24, 2.45) is 4.99 Å². The number of hydrogen-bond donors (Lipinski definition) is 0. The fraction of sp³-hybridized carbons (Fsp3) is 0.750. The van der Waals surface area contributed by atoms with Crippen LogP contribution in [0.3, 0.4) is 0 Å². The Bertz CT molecular complexity index is 180. The Labute approximate surface area is 71.9 Å². The zero-order valence-electron chi connectivity index (χ0n) is 6.95. The van der Waals surface area contributed by atoms with Crippen molar-refractivity contribution >= 4 is 6.08 Å². The van der Waals surface area contributed by atoms with E-state index in [1.807, 2.05) is 0 Å². The lowest BCUT2D eigenvalue weighted by Gasteiger charge is -1.96. The largest absolute Gasteiger partial charge is 0.428 e. The zero-order valence-corrected chi connectivity index (χ0v) is 6.95. The number of hydrogen-bond acceptors (Lipinski definition) is 4. The van der Waals surface area contributed by atoms with E-state index in [9.17, 15) is 4.79 Å². The third-order valence-electron chi connectivity index (χ3n) is 1.40. The highest BCUT2D eigenvalue weighted by Crippen LogP contribution is 1.99. The van der Waals surface area contributed by atoms with Gasteiger partial charge in [0.2, 0.25) is 6.08 Å². The van der Waals surface area contributed by atoms with Gasteiger partial charge in [-0.2, -0.15) is 5.26 Å². The summed E-state index contributed by atoms with van der Waals surface area (Å²) in [7, 11) is 0. The maximum absolute atomic E-state index is 9.63. The Balaban J connectivity index is 2.91. The first-order valence-electron chi connectivity index (χ1n) is 3.96. The molecule has 0 aliphatic heterocycles. The first-order valence-corrected chi connectivity index (χ1v) is 3.96. The van der Waals surface area contributed by atoms with Crippen LogP contribution in [-0.4, -0.2) is 19.2 Å². The van der Waals surface area contributed by atoms with Crippen molar-refractivity contribution in [3.05, 3.63) is 0 Å². The number of nitrogens with zero attached hydrogens (tertiary/aromatic N) is 2. The SMILES string of the molecule is N#COCCCCCCN=C=O. The van der Waals surface area contributed by atoms with Gasteiger partial charge >= 0.3 is 0 Å². The second-order valence-corrected chi connectivity index (χ2v) is 2.33. The van der Waals surface area contributed by atoms with Crippen LogP contribution in [0, 0.1) is 11.5 Å². The molecule has 0 saturated heterocycles. The summed E-state index contributed by atoms with van der Waals surface area (Å²) in [6.07, 6.45) is 6.91. The number of aliphatic imine (C=N–C) groups is 1. The molecule has 0 saturated carbocycles. The van der Waals surface area contributed by atoms with Crippen LogP contribution in [0.5, 0.6) is 0 Å². The second-order valence-electron chi connectivity index (χ2n) is 2.33. The average Bonchev–Trinajstić information content (AvgIpc) is 2.10. The van der Waals surface area contributed by atoms with E-state index >= 15 is 0 Å². The van der Waals surface area contributed by atoms with E-state index in [0.29, 0.717) is 13.2 Å². The summed E-state index contributed by atoms with van der Waals surface area (Å²) in [4.78, 5) is 13.0. The summed E-state index contributed by atoms with van der Waals surface area (Å²) in [6, 6.07) is 0. The van der Waals surface area contributed by atoms with Gasteiger partial charge in [0.25, 0.3) is 6.26 Å². The molecular weight excluding hydrogens is 156 g/mol. The summed E-state index contributed by atoms with van der Waals surface area (Å²) in [6.45, 7) is 1.05. The molecule has 0 aromatic heterocycles. The third-order valence-corrected chi connectivity index (χ3v) is 1.40. The van der Waals surface area contributed by atoms with Crippen molar-refractivity contribution in [1.82, 2.24) is 0 Å². The maximum atomic E-state index is 9.63. The Morgan fingerprint density at radius 2 is 2.00 bits per heavy atom. The highest BCUT2D eigenvalue weighted by atomic mass is 16.5. The van der Waals surface area contributed by atoms with Gasteiger partial charge in [0, 0.05) is 0 Å². The van der Waals surface area contributed by atoms with Crippen LogP contribution in [-0.2, 0) is 9.53 Å². The predicted molar refractivity (Wildman–Crippen MR) is 43.0 cm³/mol. The van der Waals surface area contributed by atoms with Gasteiger partial charge in [-0.25, -0.2) is 9.79 Å². The molecule has 0 heterocycles. The van der Waals surface area contributed by atoms with Crippen molar-refractivity contribution < 1.29 is 9.53 Å². The molecular formula is C8H12N2O2. The van der Waals surface area contributed by atoms with Gasteiger partial charge in [0.05, 0.1) is 6.54 Å². The van der Waals surface area contributed by atoms with Crippen LogP contribution in [0.2, 0.25) is 0 Å². The number of carbonyl (C=O) groups excluding carboxylic acids is 1. The minimum Gasteiger partial charge on any atom is -0.428 e. The van der Waals surface area contributed by atoms with Crippen LogP contribution in [0.4, 0.5) is 0 Å². The summed E-state index contributed by atoms with van der Waals surface area (Å²) in [5.74, 6) is 0. The minimum absolute atomic E-state index is 0.494. The van der Waals surface area contributed by atoms with E-state index in [-0.39, 0.29) is 0 Å². The zero-order chi connectivity index (χ0) is 9.07. The van der Waals surface area contributed by atoms with E-state index in [1.54, 1.807) is 6.26 Å². The van der Waals surface area contributed by atoms with Crippen LogP contribution in [0.15, 0.2) is 4.99 Å². The van der Waals surface area contributed by atoms with Gasteiger partial charge in [0.1, 0.15) is 6.61 Å². The number of rotatable bonds is 7. The Kier molecular flexibility index (Phi) is 8.60. The van der Waals surface area contributed by atoms with Gasteiger partial charge < -0.3 is 4.74 Å². The summed E-state index contributed by atoms with van der Waals surface area (Å²) in [5, 5.41) is 8.01. The molecule has 0 fully saturated rings. The minimum atomic E-state index is 0.494. The Hall–Kier alpha value is -1.33. The lowest BCUT2D eigenvalue weighted by molar-refractivity contribution is 0.260. The normalized spacial score (nSPS) is 8.25. The van der Waals surface area contributed by atoms with Crippen LogP contribution in [0.1, 0.15) is 25.7 Å². The van der Waals surface area contributed by atoms with Gasteiger partial charge in [-0.3, -0.25) is 0 Å². The van der Waals surface area contributed by atoms with Crippen LogP contribution in [0.25, 0.3) is 0 Å². The molecule has 4 nitrogen and oxygen atoms in total. The topological polar surface area (TPSA) is 62.4 Å². The molecule has 0 atom stereocenters. The van der Waals surface area contributed by atoms with Crippen molar-refractivity contribution in [2.45, 2.75) is 25.7 Å². The summed E-state index contributed by atoms with van der Waals surface area (Å²) in [5.41, 5.74) is 0. The molecule has 66 valence electrons. The molecule has 0 aliphatic rings. The average molecular weight is 168 g/mol. The molecule has 0 spiro atoms. The standard InChI is InChI=1S/C8H12N2O2/c9-7-12-6-4-2-1-3-5-10-8-11/h1-6H2. The molecule has 0 N–H and O–H groups in total. The quantitative estimate of drug-likeness (QED) is 0.250. The van der Waals surface area contributed by atoms with Gasteiger partial charge in [-0.1, -0.05) is 6.42 Å². The Morgan fingerprint density at radius 1 is 1.25 bits per heavy atom. The van der Waals surface area contributed by atoms with Gasteiger partial charge in [-0.05, 0) is 19.3 Å². The maximum Gasteiger partial charge on any atom is 0.286 e. The highest BCUT2D eigenvalue weighted by molar-refractivity contribution is 5.32. The fourth-order valence-corrected chi connectivity index (χ4v) is 0.810.